The van der Waals surface area contributed by atoms with Crippen molar-refractivity contribution in [1.29, 1.82) is 0 Å². The van der Waals surface area contributed by atoms with Crippen molar-refractivity contribution in [2.75, 3.05) is 0 Å². The second kappa shape index (κ2) is 4.71. The highest BCUT2D eigenvalue weighted by atomic mass is 35.5. The Kier molecular flexibility index (Phi) is 3.14. The average Bonchev–Trinajstić information content (AvgIpc) is 2.89. The quantitative estimate of drug-likeness (QED) is 0.731. The van der Waals surface area contributed by atoms with E-state index in [0.29, 0.717) is 16.3 Å². The zero-order valence-electron chi connectivity index (χ0n) is 11.3. The number of thiophene rings is 1. The van der Waals surface area contributed by atoms with Gasteiger partial charge in [0.25, 0.3) is 5.56 Å². The Labute approximate surface area is 124 Å². The SMILES string of the molecule is Cc1nn(C)c(Cn2cnc3c(C)csc3c2=O)c1Cl. The molecule has 3 aromatic rings. The molecule has 0 saturated carbocycles. The summed E-state index contributed by atoms with van der Waals surface area (Å²) in [5, 5.41) is 6.80. The van der Waals surface area contributed by atoms with Gasteiger partial charge < -0.3 is 0 Å². The fraction of sp³-hybridized carbons (Fsp3) is 0.308. The normalized spacial score (nSPS) is 11.4. The lowest BCUT2D eigenvalue weighted by Crippen LogP contribution is -2.21. The first-order valence-corrected chi connectivity index (χ1v) is 7.36. The van der Waals surface area contributed by atoms with Crippen LogP contribution in [0.3, 0.4) is 0 Å². The number of hydrogen-bond acceptors (Lipinski definition) is 4. The van der Waals surface area contributed by atoms with E-state index in [1.165, 1.54) is 11.3 Å². The van der Waals surface area contributed by atoms with Gasteiger partial charge in [0.05, 0.1) is 34.8 Å². The van der Waals surface area contributed by atoms with Crippen molar-refractivity contribution < 1.29 is 0 Å². The molecule has 7 heteroatoms. The van der Waals surface area contributed by atoms with Gasteiger partial charge in [0, 0.05) is 7.05 Å². The van der Waals surface area contributed by atoms with Gasteiger partial charge >= 0.3 is 0 Å². The van der Waals surface area contributed by atoms with Gasteiger partial charge in [0.2, 0.25) is 0 Å². The van der Waals surface area contributed by atoms with Gasteiger partial charge in [0.1, 0.15) is 4.70 Å². The Bertz CT molecular complexity index is 861. The fourth-order valence-corrected chi connectivity index (χ4v) is 3.36. The molecule has 3 aromatic heterocycles. The molecule has 0 aliphatic heterocycles. The number of aromatic nitrogens is 4. The van der Waals surface area contributed by atoms with Crippen LogP contribution >= 0.6 is 22.9 Å². The van der Waals surface area contributed by atoms with E-state index in [1.54, 1.807) is 15.6 Å². The van der Waals surface area contributed by atoms with Gasteiger partial charge in [-0.25, -0.2) is 4.98 Å². The first-order valence-electron chi connectivity index (χ1n) is 6.10. The van der Waals surface area contributed by atoms with Gasteiger partial charge in [-0.1, -0.05) is 11.6 Å². The van der Waals surface area contributed by atoms with E-state index in [9.17, 15) is 4.79 Å². The van der Waals surface area contributed by atoms with Crippen molar-refractivity contribution in [3.05, 3.63) is 44.0 Å². The predicted octanol–water partition coefficient (Wildman–Crippen LogP) is 2.51. The molecule has 0 unspecified atom stereocenters. The Balaban J connectivity index is 2.12. The number of aryl methyl sites for hydroxylation is 3. The summed E-state index contributed by atoms with van der Waals surface area (Å²) in [7, 11) is 1.82. The summed E-state index contributed by atoms with van der Waals surface area (Å²) in [6, 6.07) is 0. The standard InChI is InChI=1S/C13H13ClN4OS/c1-7-5-20-12-11(7)15-6-18(13(12)19)4-9-10(14)8(2)16-17(9)3/h5-6H,4H2,1-3H3. The molecular formula is C13H13ClN4OS. The van der Waals surface area contributed by atoms with Gasteiger partial charge in [0.15, 0.2) is 0 Å². The van der Waals surface area contributed by atoms with Crippen molar-refractivity contribution in [2.45, 2.75) is 20.4 Å². The molecule has 104 valence electrons. The Morgan fingerprint density at radius 2 is 2.15 bits per heavy atom. The molecule has 3 heterocycles. The van der Waals surface area contributed by atoms with Crippen LogP contribution in [0, 0.1) is 13.8 Å². The summed E-state index contributed by atoms with van der Waals surface area (Å²) in [6.45, 7) is 4.17. The van der Waals surface area contributed by atoms with E-state index in [0.717, 1.165) is 22.5 Å². The minimum Gasteiger partial charge on any atom is -0.292 e. The van der Waals surface area contributed by atoms with Crippen LogP contribution in [0.5, 0.6) is 0 Å². The third-order valence-electron chi connectivity index (χ3n) is 3.31. The Morgan fingerprint density at radius 1 is 1.40 bits per heavy atom. The molecule has 0 aliphatic carbocycles. The third kappa shape index (κ3) is 1.96. The summed E-state index contributed by atoms with van der Waals surface area (Å²) >= 11 is 7.65. The lowest BCUT2D eigenvalue weighted by molar-refractivity contribution is 0.648. The van der Waals surface area contributed by atoms with E-state index < -0.39 is 0 Å². The highest BCUT2D eigenvalue weighted by Crippen LogP contribution is 2.22. The number of hydrogen-bond donors (Lipinski definition) is 0. The van der Waals surface area contributed by atoms with Crippen LogP contribution in [0.4, 0.5) is 0 Å². The van der Waals surface area contributed by atoms with Gasteiger partial charge in [-0.3, -0.25) is 14.0 Å². The summed E-state index contributed by atoms with van der Waals surface area (Å²) in [6.07, 6.45) is 1.57. The zero-order chi connectivity index (χ0) is 14.4. The number of nitrogens with zero attached hydrogens (tertiary/aromatic N) is 4. The maximum Gasteiger partial charge on any atom is 0.271 e. The molecule has 20 heavy (non-hydrogen) atoms. The van der Waals surface area contributed by atoms with Gasteiger partial charge in [-0.2, -0.15) is 5.10 Å². The van der Waals surface area contributed by atoms with Crippen LogP contribution in [0.25, 0.3) is 10.2 Å². The molecule has 3 rings (SSSR count). The molecule has 0 radical (unpaired) electrons. The lowest BCUT2D eigenvalue weighted by Gasteiger charge is -2.06. The van der Waals surface area contributed by atoms with E-state index in [2.05, 4.69) is 10.1 Å². The summed E-state index contributed by atoms with van der Waals surface area (Å²) in [5.41, 5.74) is 3.34. The fourth-order valence-electron chi connectivity index (χ4n) is 2.19. The van der Waals surface area contributed by atoms with Crippen molar-refractivity contribution in [3.63, 3.8) is 0 Å². The summed E-state index contributed by atoms with van der Waals surface area (Å²) in [4.78, 5) is 16.8. The Morgan fingerprint density at radius 3 is 2.80 bits per heavy atom. The predicted molar refractivity (Wildman–Crippen MR) is 80.7 cm³/mol. The first-order chi connectivity index (χ1) is 9.49. The molecule has 0 atom stereocenters. The second-order valence-electron chi connectivity index (χ2n) is 4.74. The van der Waals surface area contributed by atoms with E-state index >= 15 is 0 Å². The topological polar surface area (TPSA) is 52.7 Å². The van der Waals surface area contributed by atoms with Crippen molar-refractivity contribution in [2.24, 2.45) is 7.05 Å². The van der Waals surface area contributed by atoms with E-state index in [4.69, 9.17) is 11.6 Å². The number of fused-ring (bicyclic) bond motifs is 1. The zero-order valence-corrected chi connectivity index (χ0v) is 12.9. The third-order valence-corrected chi connectivity index (χ3v) is 4.87. The molecule has 0 N–H and O–H groups in total. The average molecular weight is 309 g/mol. The molecule has 0 fully saturated rings. The lowest BCUT2D eigenvalue weighted by atomic mass is 10.3. The van der Waals surface area contributed by atoms with Crippen LogP contribution in [0.2, 0.25) is 5.02 Å². The molecule has 0 saturated heterocycles. The molecule has 0 spiro atoms. The minimum absolute atomic E-state index is 0.0389. The monoisotopic (exact) mass is 308 g/mol. The molecular weight excluding hydrogens is 296 g/mol. The maximum absolute atomic E-state index is 12.4. The van der Waals surface area contributed by atoms with Crippen LogP contribution in [-0.4, -0.2) is 19.3 Å². The molecule has 5 nitrogen and oxygen atoms in total. The molecule has 0 aromatic carbocycles. The molecule has 0 bridgehead atoms. The van der Waals surface area contributed by atoms with Crippen molar-refractivity contribution in [3.8, 4) is 0 Å². The first kappa shape index (κ1) is 13.3. The van der Waals surface area contributed by atoms with E-state index in [-0.39, 0.29) is 5.56 Å². The number of rotatable bonds is 2. The largest absolute Gasteiger partial charge is 0.292 e. The van der Waals surface area contributed by atoms with Gasteiger partial charge in [-0.05, 0) is 24.8 Å². The van der Waals surface area contributed by atoms with Crippen molar-refractivity contribution in [1.82, 2.24) is 19.3 Å². The number of halogens is 1. The molecule has 0 amide bonds. The second-order valence-corrected chi connectivity index (χ2v) is 6.00. The van der Waals surface area contributed by atoms with Gasteiger partial charge in [-0.15, -0.1) is 11.3 Å². The summed E-state index contributed by atoms with van der Waals surface area (Å²) < 4.78 is 3.95. The smallest absolute Gasteiger partial charge is 0.271 e. The maximum atomic E-state index is 12.4. The minimum atomic E-state index is -0.0389. The van der Waals surface area contributed by atoms with Crippen LogP contribution in [0.1, 0.15) is 17.0 Å². The van der Waals surface area contributed by atoms with Crippen molar-refractivity contribution >= 4 is 33.2 Å². The highest BCUT2D eigenvalue weighted by Gasteiger charge is 2.14. The van der Waals surface area contributed by atoms with Crippen LogP contribution in [-0.2, 0) is 13.6 Å². The molecule has 0 aliphatic rings. The van der Waals surface area contributed by atoms with Crippen LogP contribution < -0.4 is 5.56 Å². The van der Waals surface area contributed by atoms with Crippen LogP contribution in [0.15, 0.2) is 16.5 Å². The highest BCUT2D eigenvalue weighted by molar-refractivity contribution is 7.17. The Hall–Kier alpha value is -1.66. The van der Waals surface area contributed by atoms with E-state index in [1.807, 2.05) is 26.3 Å². The summed E-state index contributed by atoms with van der Waals surface area (Å²) in [5.74, 6) is 0.